The van der Waals surface area contributed by atoms with Gasteiger partial charge in [0.05, 0.1) is 6.10 Å². The largest absolute Gasteiger partial charge is 0.387 e. The summed E-state index contributed by atoms with van der Waals surface area (Å²) in [6.45, 7) is 2.77. The second-order valence-electron chi connectivity index (χ2n) is 5.93. The first-order chi connectivity index (χ1) is 10.8. The molecule has 0 aliphatic carbocycles. The van der Waals surface area contributed by atoms with Crippen LogP contribution in [0.25, 0.3) is 0 Å². The average Bonchev–Trinajstić information content (AvgIpc) is 2.61. The third-order valence-electron chi connectivity index (χ3n) is 4.40. The molecule has 1 saturated heterocycles. The lowest BCUT2D eigenvalue weighted by molar-refractivity contribution is 0.167. The van der Waals surface area contributed by atoms with Gasteiger partial charge in [-0.2, -0.15) is 0 Å². The van der Waals surface area contributed by atoms with Gasteiger partial charge in [-0.25, -0.2) is 0 Å². The van der Waals surface area contributed by atoms with Crippen molar-refractivity contribution < 1.29 is 5.11 Å². The van der Waals surface area contributed by atoms with Crippen molar-refractivity contribution in [2.75, 3.05) is 24.5 Å². The molecule has 0 radical (unpaired) electrons. The van der Waals surface area contributed by atoms with E-state index in [4.69, 9.17) is 0 Å². The van der Waals surface area contributed by atoms with Crippen LogP contribution in [0.3, 0.4) is 0 Å². The number of piperidine rings is 1. The van der Waals surface area contributed by atoms with Crippen molar-refractivity contribution in [2.24, 2.45) is 0 Å². The van der Waals surface area contributed by atoms with Crippen molar-refractivity contribution >= 4 is 5.69 Å². The van der Waals surface area contributed by atoms with Gasteiger partial charge >= 0.3 is 0 Å². The lowest BCUT2D eigenvalue weighted by atomic mass is 10.0. The van der Waals surface area contributed by atoms with Crippen LogP contribution in [-0.4, -0.2) is 30.8 Å². The second-order valence-corrected chi connectivity index (χ2v) is 5.93. The molecule has 0 bridgehead atoms. The summed E-state index contributed by atoms with van der Waals surface area (Å²) in [5.41, 5.74) is 2.29. The Morgan fingerprint density at radius 3 is 2.18 bits per heavy atom. The highest BCUT2D eigenvalue weighted by Crippen LogP contribution is 2.20. The van der Waals surface area contributed by atoms with Gasteiger partial charge in [0.2, 0.25) is 0 Å². The molecule has 0 amide bonds. The van der Waals surface area contributed by atoms with Crippen molar-refractivity contribution in [3.8, 4) is 0 Å². The molecule has 1 atom stereocenters. The Kier molecular flexibility index (Phi) is 5.09. The van der Waals surface area contributed by atoms with Crippen molar-refractivity contribution in [3.63, 3.8) is 0 Å². The number of nitrogens with zero attached hydrogens (tertiary/aromatic N) is 1. The molecule has 0 spiro atoms. The molecule has 2 N–H and O–H groups in total. The highest BCUT2D eigenvalue weighted by atomic mass is 16.3. The van der Waals surface area contributed by atoms with Gasteiger partial charge in [-0.15, -0.1) is 0 Å². The maximum Gasteiger partial charge on any atom is 0.0914 e. The molecule has 0 saturated carbocycles. The van der Waals surface area contributed by atoms with Crippen molar-refractivity contribution in [3.05, 3.63) is 66.2 Å². The Morgan fingerprint density at radius 1 is 0.955 bits per heavy atom. The normalized spacial score (nSPS) is 17.4. The van der Waals surface area contributed by atoms with E-state index < -0.39 is 6.10 Å². The molecule has 2 aromatic carbocycles. The van der Waals surface area contributed by atoms with E-state index in [0.717, 1.165) is 31.5 Å². The molecule has 1 heterocycles. The van der Waals surface area contributed by atoms with Crippen LogP contribution < -0.4 is 10.2 Å². The van der Waals surface area contributed by atoms with Gasteiger partial charge in [0, 0.05) is 31.4 Å². The monoisotopic (exact) mass is 296 g/mol. The number of nitrogens with one attached hydrogen (secondary N) is 1. The molecule has 3 rings (SSSR count). The number of benzene rings is 2. The molecule has 3 heteroatoms. The molecule has 116 valence electrons. The minimum absolute atomic E-state index is 0.423. The van der Waals surface area contributed by atoms with Gasteiger partial charge in [0.1, 0.15) is 0 Å². The molecule has 1 fully saturated rings. The summed E-state index contributed by atoms with van der Waals surface area (Å²) >= 11 is 0. The van der Waals surface area contributed by atoms with Crippen LogP contribution in [0, 0.1) is 0 Å². The number of anilines is 1. The fourth-order valence-electron chi connectivity index (χ4n) is 3.05. The minimum Gasteiger partial charge on any atom is -0.387 e. The Hall–Kier alpha value is -1.84. The molecule has 1 aliphatic heterocycles. The maximum atomic E-state index is 10.2. The molecule has 22 heavy (non-hydrogen) atoms. The summed E-state index contributed by atoms with van der Waals surface area (Å²) in [5.74, 6) is 0. The minimum atomic E-state index is -0.423. The third kappa shape index (κ3) is 3.87. The summed E-state index contributed by atoms with van der Waals surface area (Å²) in [6, 6.07) is 21.0. The van der Waals surface area contributed by atoms with Crippen LogP contribution in [0.2, 0.25) is 0 Å². The number of hydrogen-bond donors (Lipinski definition) is 2. The van der Waals surface area contributed by atoms with Crippen molar-refractivity contribution in [1.82, 2.24) is 5.32 Å². The van der Waals surface area contributed by atoms with E-state index in [1.54, 1.807) is 0 Å². The molecule has 3 nitrogen and oxygen atoms in total. The second kappa shape index (κ2) is 7.43. The quantitative estimate of drug-likeness (QED) is 0.890. The molecule has 0 aromatic heterocycles. The van der Waals surface area contributed by atoms with E-state index in [9.17, 15) is 5.11 Å². The van der Waals surface area contributed by atoms with E-state index in [-0.39, 0.29) is 0 Å². The number of aliphatic hydroxyl groups excluding tert-OH is 1. The highest BCUT2D eigenvalue weighted by Gasteiger charge is 2.19. The number of aliphatic hydroxyl groups is 1. The molecule has 1 aliphatic rings. The molecular weight excluding hydrogens is 272 g/mol. The lowest BCUT2D eigenvalue weighted by Crippen LogP contribution is -2.43. The average molecular weight is 296 g/mol. The van der Waals surface area contributed by atoms with Crippen LogP contribution in [0.1, 0.15) is 24.5 Å². The van der Waals surface area contributed by atoms with Gasteiger partial charge in [-0.3, -0.25) is 0 Å². The van der Waals surface area contributed by atoms with E-state index in [0.29, 0.717) is 12.6 Å². The fraction of sp³-hybridized carbons (Fsp3) is 0.368. The third-order valence-corrected chi connectivity index (χ3v) is 4.40. The zero-order valence-electron chi connectivity index (χ0n) is 12.9. The van der Waals surface area contributed by atoms with Crippen LogP contribution in [-0.2, 0) is 0 Å². The lowest BCUT2D eigenvalue weighted by Gasteiger charge is -2.34. The first-order valence-corrected chi connectivity index (χ1v) is 8.09. The Balaban J connectivity index is 1.44. The van der Waals surface area contributed by atoms with Crippen LogP contribution in [0.4, 0.5) is 5.69 Å². The first kappa shape index (κ1) is 15.1. The number of hydrogen-bond acceptors (Lipinski definition) is 3. The maximum absolute atomic E-state index is 10.2. The summed E-state index contributed by atoms with van der Waals surface area (Å²) in [5, 5.41) is 13.7. The van der Waals surface area contributed by atoms with Gasteiger partial charge < -0.3 is 15.3 Å². The van der Waals surface area contributed by atoms with Gasteiger partial charge in [-0.1, -0.05) is 48.5 Å². The van der Waals surface area contributed by atoms with E-state index in [1.807, 2.05) is 30.3 Å². The summed E-state index contributed by atoms with van der Waals surface area (Å²) < 4.78 is 0. The van der Waals surface area contributed by atoms with Gasteiger partial charge in [0.15, 0.2) is 0 Å². The number of rotatable bonds is 5. The Labute approximate surface area is 132 Å². The summed E-state index contributed by atoms with van der Waals surface area (Å²) in [6.07, 6.45) is 1.82. The Morgan fingerprint density at radius 2 is 1.55 bits per heavy atom. The van der Waals surface area contributed by atoms with Crippen LogP contribution in [0.15, 0.2) is 60.7 Å². The first-order valence-electron chi connectivity index (χ1n) is 8.09. The topological polar surface area (TPSA) is 35.5 Å². The zero-order valence-corrected chi connectivity index (χ0v) is 12.9. The zero-order chi connectivity index (χ0) is 15.2. The van der Waals surface area contributed by atoms with Crippen LogP contribution >= 0.6 is 0 Å². The molecular formula is C19H24N2O. The Bertz CT molecular complexity index is 550. The van der Waals surface area contributed by atoms with Gasteiger partial charge in [0.25, 0.3) is 0 Å². The SMILES string of the molecule is O[C@@H](CNC1CCN(c2ccccc2)CC1)c1ccccc1. The van der Waals surface area contributed by atoms with E-state index in [1.165, 1.54) is 5.69 Å². The van der Waals surface area contributed by atoms with E-state index >= 15 is 0 Å². The number of para-hydroxylation sites is 1. The fourth-order valence-corrected chi connectivity index (χ4v) is 3.05. The highest BCUT2D eigenvalue weighted by molar-refractivity contribution is 5.46. The van der Waals surface area contributed by atoms with E-state index in [2.05, 4.69) is 40.5 Å². The predicted molar refractivity (Wildman–Crippen MR) is 91.1 cm³/mol. The smallest absolute Gasteiger partial charge is 0.0914 e. The van der Waals surface area contributed by atoms with Gasteiger partial charge in [-0.05, 0) is 30.5 Å². The molecule has 2 aromatic rings. The summed E-state index contributed by atoms with van der Waals surface area (Å²) in [4.78, 5) is 2.44. The van der Waals surface area contributed by atoms with Crippen molar-refractivity contribution in [2.45, 2.75) is 25.0 Å². The predicted octanol–water partition coefficient (Wildman–Crippen LogP) is 2.98. The van der Waals surface area contributed by atoms with Crippen LogP contribution in [0.5, 0.6) is 0 Å². The standard InChI is InChI=1S/C19H24N2O/c22-19(16-7-3-1-4-8-16)15-20-17-11-13-21(14-12-17)18-9-5-2-6-10-18/h1-10,17,19-20,22H,11-15H2/t19-/m0/s1. The molecule has 0 unspecified atom stereocenters. The van der Waals surface area contributed by atoms with Crippen molar-refractivity contribution in [1.29, 1.82) is 0 Å². The summed E-state index contributed by atoms with van der Waals surface area (Å²) in [7, 11) is 0.